The summed E-state index contributed by atoms with van der Waals surface area (Å²) < 4.78 is 56.4. The zero-order chi connectivity index (χ0) is 20.0. The maximum Gasteiger partial charge on any atom is 0.426 e. The molecule has 1 N–H and O–H groups in total. The Morgan fingerprint density at radius 3 is 2.29 bits per heavy atom. The highest BCUT2D eigenvalue weighted by molar-refractivity contribution is 9.11. The Balaban J connectivity index is 0.00000392. The van der Waals surface area contributed by atoms with Gasteiger partial charge >= 0.3 is 6.18 Å². The molecule has 1 unspecified atom stereocenters. The summed E-state index contributed by atoms with van der Waals surface area (Å²) in [5.41, 5.74) is 0.700. The van der Waals surface area contributed by atoms with Crippen molar-refractivity contribution in [2.75, 3.05) is 20.8 Å². The maximum absolute atomic E-state index is 13.4. The van der Waals surface area contributed by atoms with Gasteiger partial charge in [-0.2, -0.15) is 13.2 Å². The van der Waals surface area contributed by atoms with Crippen LogP contribution in [0.3, 0.4) is 0 Å². The van der Waals surface area contributed by atoms with E-state index in [0.717, 1.165) is 0 Å². The minimum atomic E-state index is -4.56. The molecule has 1 atom stereocenters. The molecule has 5 nitrogen and oxygen atoms in total. The molecule has 11 heteroatoms. The summed E-state index contributed by atoms with van der Waals surface area (Å²) in [6, 6.07) is 5.10. The molecule has 0 aliphatic rings. The van der Waals surface area contributed by atoms with Crippen molar-refractivity contribution in [3.63, 3.8) is 0 Å². The van der Waals surface area contributed by atoms with Crippen LogP contribution in [0.2, 0.25) is 0 Å². The molecule has 2 aromatic rings. The second kappa shape index (κ2) is 11.1. The van der Waals surface area contributed by atoms with Gasteiger partial charge in [0.25, 0.3) is 0 Å². The highest BCUT2D eigenvalue weighted by Gasteiger charge is 2.42. The van der Waals surface area contributed by atoms with Crippen molar-refractivity contribution >= 4 is 44.3 Å². The van der Waals surface area contributed by atoms with Crippen LogP contribution in [0.5, 0.6) is 17.2 Å². The van der Waals surface area contributed by atoms with E-state index in [0.29, 0.717) is 26.0 Å². The van der Waals surface area contributed by atoms with Crippen LogP contribution in [0.4, 0.5) is 13.2 Å². The number of pyridine rings is 1. The molecule has 1 aromatic carbocycles. The number of methoxy groups -OCH3 is 2. The van der Waals surface area contributed by atoms with E-state index in [4.69, 9.17) is 14.2 Å². The van der Waals surface area contributed by atoms with Gasteiger partial charge in [0.15, 0.2) is 5.75 Å². The highest BCUT2D eigenvalue weighted by Crippen LogP contribution is 2.35. The summed E-state index contributed by atoms with van der Waals surface area (Å²) in [6.07, 6.45) is -3.87. The average Bonchev–Trinajstić information content (AvgIpc) is 2.62. The van der Waals surface area contributed by atoms with Crippen LogP contribution in [-0.4, -0.2) is 38.0 Å². The highest BCUT2D eigenvalue weighted by atomic mass is 79.9. The Labute approximate surface area is 183 Å². The standard InChI is InChI=1S/C17H17Br2F3N2O3.ClH/c1-25-11-4-3-10(14(5-11)26-2)6-23-9-15(17(20,21)22)27-16-12(18)7-24-8-13(16)19;/h3-5,7-8,15,23H,6,9H2,1-2H3;1H. The fraction of sp³-hybridized carbons (Fsp3) is 0.353. The third-order valence-corrected chi connectivity index (χ3v) is 4.70. The molecule has 2 rings (SSSR count). The number of nitrogens with zero attached hydrogens (tertiary/aromatic N) is 1. The molecule has 0 fully saturated rings. The molecule has 156 valence electrons. The molecule has 1 aromatic heterocycles. The van der Waals surface area contributed by atoms with Crippen molar-refractivity contribution in [3.05, 3.63) is 45.1 Å². The number of nitrogens with one attached hydrogen (secondary N) is 1. The molecule has 0 spiro atoms. The Hall–Kier alpha value is -1.23. The maximum atomic E-state index is 13.4. The van der Waals surface area contributed by atoms with Gasteiger partial charge in [0.1, 0.15) is 11.5 Å². The number of hydrogen-bond acceptors (Lipinski definition) is 5. The number of benzene rings is 1. The number of aromatic nitrogens is 1. The molecule has 0 radical (unpaired) electrons. The first-order chi connectivity index (χ1) is 12.8. The third-order valence-electron chi connectivity index (χ3n) is 3.57. The molecule has 0 aliphatic carbocycles. The van der Waals surface area contributed by atoms with Gasteiger partial charge in [0, 0.05) is 37.1 Å². The number of alkyl halides is 3. The summed E-state index contributed by atoms with van der Waals surface area (Å²) in [7, 11) is 3.01. The van der Waals surface area contributed by atoms with Gasteiger partial charge in [-0.1, -0.05) is 6.07 Å². The molecule has 0 aliphatic heterocycles. The average molecular weight is 551 g/mol. The van der Waals surface area contributed by atoms with Crippen LogP contribution in [0, 0.1) is 0 Å². The SMILES string of the molecule is COc1ccc(CNCC(Oc2c(Br)cncc2Br)C(F)(F)F)c(OC)c1.Cl. The van der Waals surface area contributed by atoms with E-state index in [1.165, 1.54) is 26.6 Å². The van der Waals surface area contributed by atoms with Crippen molar-refractivity contribution in [3.8, 4) is 17.2 Å². The topological polar surface area (TPSA) is 52.6 Å². The van der Waals surface area contributed by atoms with E-state index in [1.807, 2.05) is 0 Å². The fourth-order valence-corrected chi connectivity index (χ4v) is 3.33. The zero-order valence-electron chi connectivity index (χ0n) is 14.8. The van der Waals surface area contributed by atoms with Crippen molar-refractivity contribution in [1.29, 1.82) is 0 Å². The van der Waals surface area contributed by atoms with Gasteiger partial charge in [-0.3, -0.25) is 4.98 Å². The number of ether oxygens (including phenoxy) is 3. The normalized spacial score (nSPS) is 12.1. The first kappa shape index (κ1) is 24.8. The lowest BCUT2D eigenvalue weighted by Gasteiger charge is -2.23. The monoisotopic (exact) mass is 548 g/mol. The minimum absolute atomic E-state index is 0. The van der Waals surface area contributed by atoms with Crippen LogP contribution in [-0.2, 0) is 6.54 Å². The van der Waals surface area contributed by atoms with Crippen molar-refractivity contribution < 1.29 is 27.4 Å². The van der Waals surface area contributed by atoms with Crippen molar-refractivity contribution in [2.24, 2.45) is 0 Å². The lowest BCUT2D eigenvalue weighted by Crippen LogP contribution is -2.42. The second-order valence-corrected chi connectivity index (χ2v) is 7.10. The lowest BCUT2D eigenvalue weighted by atomic mass is 10.2. The number of rotatable bonds is 8. The largest absolute Gasteiger partial charge is 0.497 e. The Bertz CT molecular complexity index is 762. The molecule has 28 heavy (non-hydrogen) atoms. The third kappa shape index (κ3) is 6.68. The Kier molecular flexibility index (Phi) is 9.82. The summed E-state index contributed by atoms with van der Waals surface area (Å²) in [5.74, 6) is 1.15. The quantitative estimate of drug-likeness (QED) is 0.493. The molecule has 0 bridgehead atoms. The first-order valence-corrected chi connectivity index (χ1v) is 9.28. The van der Waals surface area contributed by atoms with E-state index in [2.05, 4.69) is 42.2 Å². The predicted molar refractivity (Wildman–Crippen MR) is 109 cm³/mol. The number of halogens is 6. The summed E-state index contributed by atoms with van der Waals surface area (Å²) in [4.78, 5) is 3.85. The van der Waals surface area contributed by atoms with Crippen LogP contribution < -0.4 is 19.5 Å². The van der Waals surface area contributed by atoms with Crippen LogP contribution in [0.1, 0.15) is 5.56 Å². The molecule has 1 heterocycles. The molecular formula is C17H18Br2ClF3N2O3. The minimum Gasteiger partial charge on any atom is -0.497 e. The first-order valence-electron chi connectivity index (χ1n) is 7.70. The van der Waals surface area contributed by atoms with Crippen molar-refractivity contribution in [1.82, 2.24) is 10.3 Å². The second-order valence-electron chi connectivity index (χ2n) is 5.39. The van der Waals surface area contributed by atoms with Gasteiger partial charge in [-0.25, -0.2) is 0 Å². The van der Waals surface area contributed by atoms with Gasteiger partial charge in [0.2, 0.25) is 6.10 Å². The van der Waals surface area contributed by atoms with Crippen LogP contribution in [0.15, 0.2) is 39.5 Å². The summed E-state index contributed by atoms with van der Waals surface area (Å²) >= 11 is 6.29. The van der Waals surface area contributed by atoms with Crippen LogP contribution in [0.25, 0.3) is 0 Å². The Morgan fingerprint density at radius 1 is 1.11 bits per heavy atom. The molecule has 0 saturated heterocycles. The smallest absolute Gasteiger partial charge is 0.426 e. The van der Waals surface area contributed by atoms with Gasteiger partial charge < -0.3 is 19.5 Å². The van der Waals surface area contributed by atoms with E-state index < -0.39 is 18.8 Å². The van der Waals surface area contributed by atoms with Gasteiger partial charge in [-0.15, -0.1) is 12.4 Å². The van der Waals surface area contributed by atoms with E-state index in [1.54, 1.807) is 18.2 Å². The molecular weight excluding hydrogens is 532 g/mol. The molecule has 0 saturated carbocycles. The van der Waals surface area contributed by atoms with Gasteiger partial charge in [0.05, 0.1) is 23.2 Å². The van der Waals surface area contributed by atoms with Crippen LogP contribution >= 0.6 is 44.3 Å². The van der Waals surface area contributed by atoms with E-state index in [9.17, 15) is 13.2 Å². The zero-order valence-corrected chi connectivity index (χ0v) is 18.8. The van der Waals surface area contributed by atoms with E-state index >= 15 is 0 Å². The lowest BCUT2D eigenvalue weighted by molar-refractivity contribution is -0.193. The Morgan fingerprint density at radius 2 is 1.75 bits per heavy atom. The summed E-state index contributed by atoms with van der Waals surface area (Å²) in [5, 5.41) is 2.77. The summed E-state index contributed by atoms with van der Waals surface area (Å²) in [6.45, 7) is -0.276. The van der Waals surface area contributed by atoms with Gasteiger partial charge in [-0.05, 0) is 37.9 Å². The fourth-order valence-electron chi connectivity index (χ4n) is 2.21. The van der Waals surface area contributed by atoms with E-state index in [-0.39, 0.29) is 24.7 Å². The number of hydrogen-bond donors (Lipinski definition) is 1. The van der Waals surface area contributed by atoms with Crippen molar-refractivity contribution in [2.45, 2.75) is 18.8 Å². The predicted octanol–water partition coefficient (Wildman–Crippen LogP) is 5.15. The molecule has 0 amide bonds.